The number of carbonyl (C=O) groups excluding carboxylic acids is 2. The van der Waals surface area contributed by atoms with Crippen molar-refractivity contribution in [1.29, 1.82) is 0 Å². The second-order valence-electron chi connectivity index (χ2n) is 7.07. The van der Waals surface area contributed by atoms with Gasteiger partial charge in [0.15, 0.2) is 0 Å². The van der Waals surface area contributed by atoms with Crippen LogP contribution in [0.5, 0.6) is 0 Å². The molecule has 0 saturated heterocycles. The Kier molecular flexibility index (Phi) is 5.25. The molecule has 1 rings (SSSR count). The maximum Gasteiger partial charge on any atom is 0.321 e. The summed E-state index contributed by atoms with van der Waals surface area (Å²) in [6, 6.07) is -0.295. The zero-order valence-corrected chi connectivity index (χ0v) is 13.1. The highest BCUT2D eigenvalue weighted by molar-refractivity contribution is 6.19. The third kappa shape index (κ3) is 5.81. The molecule has 2 N–H and O–H groups in total. The van der Waals surface area contributed by atoms with Gasteiger partial charge in [0.1, 0.15) is 0 Å². The molecule has 0 bridgehead atoms. The third-order valence-corrected chi connectivity index (χ3v) is 3.65. The Hall–Kier alpha value is -0.770. The van der Waals surface area contributed by atoms with Crippen LogP contribution >= 0.6 is 11.6 Å². The lowest BCUT2D eigenvalue weighted by Gasteiger charge is -2.45. The van der Waals surface area contributed by atoms with Crippen molar-refractivity contribution in [2.24, 2.45) is 10.8 Å². The number of urea groups is 1. The molecule has 1 fully saturated rings. The summed E-state index contributed by atoms with van der Waals surface area (Å²) in [7, 11) is 0. The average Bonchev–Trinajstić information content (AvgIpc) is 2.10. The Bertz CT molecular complexity index is 337. The first-order valence-electron chi connectivity index (χ1n) is 6.80. The van der Waals surface area contributed by atoms with Crippen LogP contribution in [0.2, 0.25) is 0 Å². The number of rotatable bonds is 3. The molecule has 3 amide bonds. The van der Waals surface area contributed by atoms with E-state index >= 15 is 0 Å². The molecule has 0 atom stereocenters. The molecule has 0 radical (unpaired) electrons. The predicted octanol–water partition coefficient (Wildman–Crippen LogP) is 3.05. The van der Waals surface area contributed by atoms with Crippen LogP contribution in [0.3, 0.4) is 0 Å². The molecule has 1 aliphatic rings. The van der Waals surface area contributed by atoms with Gasteiger partial charge in [-0.05, 0) is 30.1 Å². The molecule has 5 heteroatoms. The summed E-state index contributed by atoms with van der Waals surface area (Å²) in [5, 5.41) is 5.21. The lowest BCUT2D eigenvalue weighted by atomic mass is 9.63. The van der Waals surface area contributed by atoms with Crippen LogP contribution in [-0.2, 0) is 4.79 Å². The van der Waals surface area contributed by atoms with Crippen LogP contribution in [0, 0.1) is 10.8 Å². The minimum absolute atomic E-state index is 0.113. The first kappa shape index (κ1) is 16.3. The van der Waals surface area contributed by atoms with Crippen molar-refractivity contribution in [2.45, 2.75) is 59.4 Å². The lowest BCUT2D eigenvalue weighted by Crippen LogP contribution is -2.50. The van der Waals surface area contributed by atoms with Crippen LogP contribution in [0.1, 0.15) is 53.4 Å². The van der Waals surface area contributed by atoms with E-state index in [-0.39, 0.29) is 35.1 Å². The van der Waals surface area contributed by atoms with E-state index in [2.05, 4.69) is 38.3 Å². The fraction of sp³-hybridized carbons (Fsp3) is 0.857. The minimum Gasteiger partial charge on any atom is -0.335 e. The van der Waals surface area contributed by atoms with Crippen LogP contribution < -0.4 is 10.6 Å². The molecule has 0 aromatic carbocycles. The number of hydrogen-bond acceptors (Lipinski definition) is 2. The van der Waals surface area contributed by atoms with Gasteiger partial charge in [0.25, 0.3) is 0 Å². The van der Waals surface area contributed by atoms with E-state index in [0.29, 0.717) is 0 Å². The van der Waals surface area contributed by atoms with E-state index in [1.54, 1.807) is 0 Å². The van der Waals surface area contributed by atoms with Gasteiger partial charge >= 0.3 is 6.03 Å². The monoisotopic (exact) mass is 288 g/mol. The van der Waals surface area contributed by atoms with Crippen molar-refractivity contribution >= 4 is 23.5 Å². The molecular formula is C14H25ClN2O2. The summed E-state index contributed by atoms with van der Waals surface area (Å²) in [6.07, 6.45) is 3.18. The van der Waals surface area contributed by atoms with Crippen molar-refractivity contribution in [1.82, 2.24) is 10.6 Å². The number of carbonyl (C=O) groups is 2. The SMILES string of the molecule is CC1(C)CC(NC(=O)NC(=O)CCCl)CC(C)(C)C1. The number of alkyl halides is 1. The molecule has 1 saturated carbocycles. The largest absolute Gasteiger partial charge is 0.335 e. The number of hydrogen-bond donors (Lipinski definition) is 2. The molecule has 0 unspecified atom stereocenters. The predicted molar refractivity (Wildman–Crippen MR) is 77.2 cm³/mol. The summed E-state index contributed by atoms with van der Waals surface area (Å²) in [6.45, 7) is 8.89. The fourth-order valence-corrected chi connectivity index (χ4v) is 3.62. The average molecular weight is 289 g/mol. The minimum atomic E-state index is -0.409. The fourth-order valence-electron chi connectivity index (χ4n) is 3.44. The molecule has 19 heavy (non-hydrogen) atoms. The first-order chi connectivity index (χ1) is 8.63. The van der Waals surface area contributed by atoms with E-state index in [4.69, 9.17) is 11.6 Å². The van der Waals surface area contributed by atoms with Gasteiger partial charge in [0.2, 0.25) is 5.91 Å². The Morgan fingerprint density at radius 3 is 2.16 bits per heavy atom. The van der Waals surface area contributed by atoms with E-state index in [0.717, 1.165) is 19.3 Å². The van der Waals surface area contributed by atoms with Crippen molar-refractivity contribution in [3.05, 3.63) is 0 Å². The molecule has 4 nitrogen and oxygen atoms in total. The Balaban J connectivity index is 2.52. The second kappa shape index (κ2) is 6.12. The van der Waals surface area contributed by atoms with Crippen molar-refractivity contribution in [3.63, 3.8) is 0 Å². The molecule has 0 heterocycles. The molecule has 0 spiro atoms. The van der Waals surface area contributed by atoms with Crippen LogP contribution in [0.25, 0.3) is 0 Å². The Morgan fingerprint density at radius 1 is 1.16 bits per heavy atom. The molecular weight excluding hydrogens is 264 g/mol. The van der Waals surface area contributed by atoms with Gasteiger partial charge in [0, 0.05) is 18.3 Å². The summed E-state index contributed by atoms with van der Waals surface area (Å²) in [5.74, 6) is -0.107. The standard InChI is InChI=1S/C14H25ClN2O2/c1-13(2)7-10(8-14(3,4)9-13)16-12(19)17-11(18)5-6-15/h10H,5-9H2,1-4H3,(H2,16,17,18,19). The highest BCUT2D eigenvalue weighted by Crippen LogP contribution is 2.45. The maximum absolute atomic E-state index is 11.7. The summed E-state index contributed by atoms with van der Waals surface area (Å²) in [4.78, 5) is 23.0. The number of amides is 3. The quantitative estimate of drug-likeness (QED) is 0.784. The molecule has 0 aromatic rings. The zero-order valence-electron chi connectivity index (χ0n) is 12.3. The first-order valence-corrected chi connectivity index (χ1v) is 7.33. The van der Waals surface area contributed by atoms with Crippen molar-refractivity contribution in [3.8, 4) is 0 Å². The molecule has 1 aliphatic carbocycles. The summed E-state index contributed by atoms with van der Waals surface area (Å²) >= 11 is 5.45. The molecule has 110 valence electrons. The van der Waals surface area contributed by atoms with Gasteiger partial charge in [-0.3, -0.25) is 10.1 Å². The van der Waals surface area contributed by atoms with Gasteiger partial charge < -0.3 is 5.32 Å². The Labute approximate surface area is 120 Å². The highest BCUT2D eigenvalue weighted by atomic mass is 35.5. The second-order valence-corrected chi connectivity index (χ2v) is 7.45. The highest BCUT2D eigenvalue weighted by Gasteiger charge is 2.38. The van der Waals surface area contributed by atoms with E-state index in [9.17, 15) is 9.59 Å². The van der Waals surface area contributed by atoms with Gasteiger partial charge in [-0.25, -0.2) is 4.79 Å². The zero-order chi connectivity index (χ0) is 14.7. The van der Waals surface area contributed by atoms with Gasteiger partial charge in [0.05, 0.1) is 0 Å². The smallest absolute Gasteiger partial charge is 0.321 e. The van der Waals surface area contributed by atoms with E-state index in [1.807, 2.05) is 0 Å². The maximum atomic E-state index is 11.7. The van der Waals surface area contributed by atoms with Crippen LogP contribution in [-0.4, -0.2) is 23.9 Å². The van der Waals surface area contributed by atoms with E-state index < -0.39 is 6.03 Å². The van der Waals surface area contributed by atoms with Gasteiger partial charge in [-0.1, -0.05) is 27.7 Å². The Morgan fingerprint density at radius 2 is 1.68 bits per heavy atom. The molecule has 0 aromatic heterocycles. The van der Waals surface area contributed by atoms with Crippen molar-refractivity contribution in [2.75, 3.05) is 5.88 Å². The molecule has 0 aliphatic heterocycles. The normalized spacial score (nSPS) is 21.7. The van der Waals surface area contributed by atoms with Gasteiger partial charge in [-0.2, -0.15) is 0 Å². The topological polar surface area (TPSA) is 58.2 Å². The van der Waals surface area contributed by atoms with Crippen LogP contribution in [0.4, 0.5) is 4.79 Å². The third-order valence-electron chi connectivity index (χ3n) is 3.46. The van der Waals surface area contributed by atoms with E-state index in [1.165, 1.54) is 0 Å². The van der Waals surface area contributed by atoms with Gasteiger partial charge in [-0.15, -0.1) is 11.6 Å². The number of imide groups is 1. The van der Waals surface area contributed by atoms with Crippen molar-refractivity contribution < 1.29 is 9.59 Å². The summed E-state index contributed by atoms with van der Waals surface area (Å²) in [5.41, 5.74) is 0.416. The number of nitrogens with one attached hydrogen (secondary N) is 2. The lowest BCUT2D eigenvalue weighted by molar-refractivity contribution is -0.119. The van der Waals surface area contributed by atoms with Crippen LogP contribution in [0.15, 0.2) is 0 Å². The summed E-state index contributed by atoms with van der Waals surface area (Å²) < 4.78 is 0. The number of halogens is 1.